The highest BCUT2D eigenvalue weighted by molar-refractivity contribution is 5.88. The van der Waals surface area contributed by atoms with E-state index in [0.29, 0.717) is 22.6 Å². The molecule has 2 aromatic heterocycles. The Morgan fingerprint density at radius 3 is 2.58 bits per heavy atom. The van der Waals surface area contributed by atoms with Crippen molar-refractivity contribution in [3.63, 3.8) is 0 Å². The molecule has 6 rings (SSSR count). The Morgan fingerprint density at radius 1 is 1.11 bits per heavy atom. The number of amides is 2. The molecule has 1 aliphatic carbocycles. The van der Waals surface area contributed by atoms with E-state index in [2.05, 4.69) is 25.4 Å². The van der Waals surface area contributed by atoms with Crippen LogP contribution in [0.25, 0.3) is 0 Å². The van der Waals surface area contributed by atoms with Gasteiger partial charge in [-0.15, -0.1) is 5.10 Å². The molecule has 3 atom stereocenters. The van der Waals surface area contributed by atoms with Gasteiger partial charge in [-0.25, -0.2) is 9.37 Å². The van der Waals surface area contributed by atoms with Crippen molar-refractivity contribution in [2.45, 2.75) is 56.4 Å². The van der Waals surface area contributed by atoms with E-state index in [4.69, 9.17) is 0 Å². The molecule has 4 heterocycles. The summed E-state index contributed by atoms with van der Waals surface area (Å²) in [6.07, 6.45) is 3.13. The molecular weight excluding hydrogens is 492 g/mol. The number of rotatable bonds is 8. The molecule has 9 nitrogen and oxygen atoms in total. The van der Waals surface area contributed by atoms with Gasteiger partial charge in [0, 0.05) is 25.1 Å². The molecule has 2 saturated heterocycles. The van der Waals surface area contributed by atoms with Crippen LogP contribution in [0, 0.1) is 5.95 Å². The highest BCUT2D eigenvalue weighted by atomic mass is 19.1. The minimum atomic E-state index is -1.33. The average molecular weight is 522 g/mol. The Balaban J connectivity index is 1.20. The van der Waals surface area contributed by atoms with Crippen molar-refractivity contribution in [2.75, 3.05) is 24.5 Å². The molecular formula is C27H29F2N7O2. The zero-order valence-electron chi connectivity index (χ0n) is 20.8. The minimum Gasteiger partial charge on any atom is -0.354 e. The number of benzene rings is 1. The summed E-state index contributed by atoms with van der Waals surface area (Å²) in [6, 6.07) is 10.8. The van der Waals surface area contributed by atoms with Crippen molar-refractivity contribution in [2.24, 2.45) is 0 Å². The topological polar surface area (TPSA) is 96.2 Å². The number of alkyl halides is 1. The van der Waals surface area contributed by atoms with Crippen LogP contribution in [0.5, 0.6) is 0 Å². The molecule has 2 amide bonds. The van der Waals surface area contributed by atoms with Crippen molar-refractivity contribution < 1.29 is 18.4 Å². The third-order valence-electron chi connectivity index (χ3n) is 7.49. The molecule has 38 heavy (non-hydrogen) atoms. The predicted molar refractivity (Wildman–Crippen MR) is 134 cm³/mol. The van der Waals surface area contributed by atoms with Gasteiger partial charge in [0.05, 0.1) is 24.5 Å². The Morgan fingerprint density at radius 2 is 1.89 bits per heavy atom. The fraction of sp³-hybridized carbons (Fsp3) is 0.444. The van der Waals surface area contributed by atoms with Gasteiger partial charge in [-0.05, 0) is 36.8 Å². The molecule has 0 spiro atoms. The summed E-state index contributed by atoms with van der Waals surface area (Å²) in [6.45, 7) is 1.42. The number of halogens is 2. The quantitative estimate of drug-likeness (QED) is 0.458. The van der Waals surface area contributed by atoms with E-state index in [1.165, 1.54) is 9.70 Å². The van der Waals surface area contributed by atoms with E-state index >= 15 is 0 Å². The van der Waals surface area contributed by atoms with Crippen molar-refractivity contribution in [3.05, 3.63) is 71.4 Å². The highest BCUT2D eigenvalue weighted by Gasteiger charge is 2.41. The number of likely N-dealkylation sites (tertiary alicyclic amines) is 1. The van der Waals surface area contributed by atoms with Crippen LogP contribution in [0.4, 0.5) is 14.6 Å². The maximum Gasteiger partial charge on any atom is 0.246 e. The van der Waals surface area contributed by atoms with E-state index in [1.54, 1.807) is 18.3 Å². The van der Waals surface area contributed by atoms with Crippen LogP contribution in [-0.2, 0) is 16.1 Å². The van der Waals surface area contributed by atoms with E-state index in [-0.39, 0.29) is 25.4 Å². The molecule has 1 saturated carbocycles. The zero-order valence-corrected chi connectivity index (χ0v) is 20.8. The lowest BCUT2D eigenvalue weighted by atomic mass is 10.0. The summed E-state index contributed by atoms with van der Waals surface area (Å²) in [4.78, 5) is 35.4. The molecule has 1 aromatic carbocycles. The lowest BCUT2D eigenvalue weighted by molar-refractivity contribution is -0.139. The van der Waals surface area contributed by atoms with Crippen LogP contribution >= 0.6 is 0 Å². The second-order valence-corrected chi connectivity index (χ2v) is 10.2. The summed E-state index contributed by atoms with van der Waals surface area (Å²) >= 11 is 0. The third kappa shape index (κ3) is 4.97. The number of anilines is 1. The number of pyridine rings is 1. The number of hydrogen-bond donors (Lipinski definition) is 1. The summed E-state index contributed by atoms with van der Waals surface area (Å²) < 4.78 is 29.3. The van der Waals surface area contributed by atoms with Gasteiger partial charge in [0.15, 0.2) is 5.82 Å². The summed E-state index contributed by atoms with van der Waals surface area (Å²) in [5.74, 6) is -0.597. The van der Waals surface area contributed by atoms with Crippen molar-refractivity contribution in [1.29, 1.82) is 0 Å². The fourth-order valence-electron chi connectivity index (χ4n) is 5.11. The first-order valence-corrected chi connectivity index (χ1v) is 13.1. The SMILES string of the molecule is O=C(NC(c1ccccc1)c1ccc(C2CC2)c(F)n1)C1CC(F)CN1C(=O)Cn1ncc(N2CCC2)n1. The summed E-state index contributed by atoms with van der Waals surface area (Å²) in [5, 5.41) is 11.4. The van der Waals surface area contributed by atoms with E-state index in [9.17, 15) is 18.4 Å². The lowest BCUT2D eigenvalue weighted by Crippen LogP contribution is -2.48. The van der Waals surface area contributed by atoms with Gasteiger partial charge in [-0.2, -0.15) is 14.3 Å². The Kier molecular flexibility index (Phi) is 6.50. The van der Waals surface area contributed by atoms with Crippen molar-refractivity contribution in [3.8, 4) is 0 Å². The normalized spacial score (nSPS) is 21.7. The molecule has 3 aromatic rings. The number of nitrogens with zero attached hydrogens (tertiary/aromatic N) is 6. The molecule has 0 radical (unpaired) electrons. The van der Waals surface area contributed by atoms with Gasteiger partial charge in [0.2, 0.25) is 17.8 Å². The molecule has 11 heteroatoms. The smallest absolute Gasteiger partial charge is 0.246 e. The maximum atomic E-state index is 14.8. The van der Waals surface area contributed by atoms with Crippen LogP contribution in [-0.4, -0.2) is 68.5 Å². The average Bonchev–Trinajstić information content (AvgIpc) is 3.50. The van der Waals surface area contributed by atoms with Gasteiger partial charge >= 0.3 is 0 Å². The Bertz CT molecular complexity index is 1330. The second kappa shape index (κ2) is 10.1. The molecule has 3 fully saturated rings. The first kappa shape index (κ1) is 24.4. The van der Waals surface area contributed by atoms with Gasteiger partial charge in [-0.3, -0.25) is 9.59 Å². The minimum absolute atomic E-state index is 0.118. The molecule has 3 unspecified atom stereocenters. The molecule has 3 aliphatic rings. The molecule has 1 N–H and O–H groups in total. The van der Waals surface area contributed by atoms with Gasteiger partial charge in [0.25, 0.3) is 0 Å². The molecule has 198 valence electrons. The van der Waals surface area contributed by atoms with Crippen LogP contribution in [0.3, 0.4) is 0 Å². The first-order chi connectivity index (χ1) is 18.5. The van der Waals surface area contributed by atoms with Gasteiger partial charge < -0.3 is 15.1 Å². The summed E-state index contributed by atoms with van der Waals surface area (Å²) in [7, 11) is 0. The number of carbonyl (C=O) groups excluding carboxylic acids is 2. The highest BCUT2D eigenvalue weighted by Crippen LogP contribution is 2.41. The zero-order chi connectivity index (χ0) is 26.2. The van der Waals surface area contributed by atoms with E-state index < -0.39 is 36.0 Å². The van der Waals surface area contributed by atoms with Crippen LogP contribution in [0.1, 0.15) is 54.5 Å². The number of nitrogens with one attached hydrogen (secondary N) is 1. The monoisotopic (exact) mass is 521 g/mol. The Hall–Kier alpha value is -3.89. The maximum absolute atomic E-state index is 14.8. The van der Waals surface area contributed by atoms with Crippen molar-refractivity contribution >= 4 is 17.6 Å². The number of hydrogen-bond acceptors (Lipinski definition) is 6. The number of aromatic nitrogens is 4. The Labute approximate surface area is 218 Å². The van der Waals surface area contributed by atoms with Crippen LogP contribution in [0.15, 0.2) is 48.7 Å². The molecule has 0 bridgehead atoms. The van der Waals surface area contributed by atoms with Crippen LogP contribution < -0.4 is 10.2 Å². The second-order valence-electron chi connectivity index (χ2n) is 10.2. The van der Waals surface area contributed by atoms with Gasteiger partial charge in [-0.1, -0.05) is 36.4 Å². The van der Waals surface area contributed by atoms with Crippen molar-refractivity contribution in [1.82, 2.24) is 30.2 Å². The third-order valence-corrected chi connectivity index (χ3v) is 7.49. The van der Waals surface area contributed by atoms with E-state index in [1.807, 2.05) is 30.3 Å². The number of carbonyl (C=O) groups is 2. The van der Waals surface area contributed by atoms with Crippen LogP contribution in [0.2, 0.25) is 0 Å². The van der Waals surface area contributed by atoms with Gasteiger partial charge in [0.1, 0.15) is 18.8 Å². The summed E-state index contributed by atoms with van der Waals surface area (Å²) in [5.41, 5.74) is 1.64. The fourth-order valence-corrected chi connectivity index (χ4v) is 5.11. The standard InChI is InChI=1S/C27H29F2N7O2/c28-19-13-22(35(15-19)24(37)16-36-30-14-23(33-36)34-11-4-12-34)27(38)32-25(18-5-2-1-3-6-18)21-10-9-20(17-7-8-17)26(29)31-21/h1-3,5-6,9-10,14,17,19,22,25H,4,7-8,11-13,15-16H2,(H,32,38). The first-order valence-electron chi connectivity index (χ1n) is 13.1. The molecule has 2 aliphatic heterocycles. The lowest BCUT2D eigenvalue weighted by Gasteiger charge is -2.30. The largest absolute Gasteiger partial charge is 0.354 e. The van der Waals surface area contributed by atoms with E-state index in [0.717, 1.165) is 32.4 Å². The predicted octanol–water partition coefficient (Wildman–Crippen LogP) is 2.74.